The van der Waals surface area contributed by atoms with Crippen LogP contribution in [0.1, 0.15) is 73.4 Å². The molecule has 3 amide bonds. The van der Waals surface area contributed by atoms with Gasteiger partial charge in [-0.3, -0.25) is 19.8 Å². The van der Waals surface area contributed by atoms with Gasteiger partial charge in [-0.15, -0.1) is 0 Å². The van der Waals surface area contributed by atoms with Crippen LogP contribution in [0.5, 0.6) is 0 Å². The van der Waals surface area contributed by atoms with Gasteiger partial charge in [0.1, 0.15) is 6.04 Å². The first-order valence-corrected chi connectivity index (χ1v) is 16.0. The summed E-state index contributed by atoms with van der Waals surface area (Å²) in [6.07, 6.45) is 6.53. The van der Waals surface area contributed by atoms with Crippen LogP contribution in [-0.2, 0) is 21.4 Å². The van der Waals surface area contributed by atoms with Crippen molar-refractivity contribution in [3.63, 3.8) is 0 Å². The highest BCUT2D eigenvalue weighted by Crippen LogP contribution is 2.53. The van der Waals surface area contributed by atoms with Crippen molar-refractivity contribution in [2.75, 3.05) is 48.3 Å². The lowest BCUT2D eigenvalue weighted by atomic mass is 9.57. The van der Waals surface area contributed by atoms with Gasteiger partial charge in [0.25, 0.3) is 5.91 Å². The van der Waals surface area contributed by atoms with Gasteiger partial charge in [-0.25, -0.2) is 5.43 Å². The molecule has 3 N–H and O–H groups in total. The molecule has 1 saturated carbocycles. The maximum atomic E-state index is 14.5. The van der Waals surface area contributed by atoms with E-state index >= 15 is 0 Å². The van der Waals surface area contributed by atoms with Crippen LogP contribution in [0.2, 0.25) is 0 Å². The molecule has 1 heterocycles. The molecule has 1 aliphatic heterocycles. The first kappa shape index (κ1) is 33.5. The third-order valence-electron chi connectivity index (χ3n) is 10.3. The number of nitrogens with zero attached hydrogens (tertiary/aromatic N) is 4. The third-order valence-corrected chi connectivity index (χ3v) is 10.3. The van der Waals surface area contributed by atoms with E-state index in [0.29, 0.717) is 30.9 Å². The number of hydrazine groups is 1. The van der Waals surface area contributed by atoms with E-state index in [2.05, 4.69) is 33.7 Å². The number of benzene rings is 1. The molecule has 0 bridgehead atoms. The van der Waals surface area contributed by atoms with E-state index in [9.17, 15) is 19.6 Å². The van der Waals surface area contributed by atoms with Crippen LogP contribution in [0.4, 0.5) is 0 Å². The van der Waals surface area contributed by atoms with Crippen LogP contribution >= 0.6 is 0 Å². The lowest BCUT2D eigenvalue weighted by Crippen LogP contribution is -2.57. The third kappa shape index (κ3) is 6.64. The molecule has 5 unspecified atom stereocenters. The number of nitrogens with one attached hydrogen (secondary N) is 3. The molecule has 1 saturated heterocycles. The van der Waals surface area contributed by atoms with Crippen molar-refractivity contribution in [2.45, 2.75) is 75.8 Å². The molecule has 0 radical (unpaired) electrons. The van der Waals surface area contributed by atoms with Gasteiger partial charge in [0.2, 0.25) is 11.8 Å². The number of fused-ring (bicyclic) bond motifs is 2. The zero-order valence-corrected chi connectivity index (χ0v) is 27.4. The Morgan fingerprint density at radius 3 is 2.55 bits per heavy atom. The molecule has 0 aromatic heterocycles. The van der Waals surface area contributed by atoms with Crippen molar-refractivity contribution in [3.8, 4) is 6.07 Å². The second-order valence-corrected chi connectivity index (χ2v) is 13.4. The summed E-state index contributed by atoms with van der Waals surface area (Å²) in [6, 6.07) is 7.57. The Morgan fingerprint density at radius 1 is 1.14 bits per heavy atom. The Bertz CT molecular complexity index is 1290. The first-order chi connectivity index (χ1) is 20.9. The van der Waals surface area contributed by atoms with Crippen LogP contribution in [0.3, 0.4) is 0 Å². The number of hydrogen-bond donors (Lipinski definition) is 3. The Balaban J connectivity index is 1.73. The van der Waals surface area contributed by atoms with E-state index in [1.807, 2.05) is 39.2 Å². The number of allylic oxidation sites excluding steroid dienone is 1. The SMILES string of the molecule is C=C(C1CCC2C(CCc3cc(C(=O)N(C)C)ccc3C2(C[C@H](C)NCC(=O)N2CCCC2C#N)C(=O)NNC)C1)N(C)C. The van der Waals surface area contributed by atoms with E-state index < -0.39 is 5.41 Å². The average Bonchev–Trinajstić information content (AvgIpc) is 3.45. The number of carbonyl (C=O) groups excluding carboxylic acids is 3. The quantitative estimate of drug-likeness (QED) is 0.351. The second kappa shape index (κ2) is 14.1. The van der Waals surface area contributed by atoms with Gasteiger partial charge in [-0.2, -0.15) is 5.26 Å². The van der Waals surface area contributed by atoms with E-state index in [1.54, 1.807) is 30.9 Å². The predicted octanol–water partition coefficient (Wildman–Crippen LogP) is 2.81. The van der Waals surface area contributed by atoms with E-state index in [0.717, 1.165) is 55.3 Å². The highest BCUT2D eigenvalue weighted by atomic mass is 16.2. The zero-order valence-electron chi connectivity index (χ0n) is 27.4. The molecule has 4 rings (SSSR count). The zero-order chi connectivity index (χ0) is 32.2. The highest BCUT2D eigenvalue weighted by molar-refractivity contribution is 5.95. The molecule has 1 aromatic carbocycles. The molecule has 0 spiro atoms. The van der Waals surface area contributed by atoms with E-state index in [-0.39, 0.29) is 48.2 Å². The molecule has 44 heavy (non-hydrogen) atoms. The van der Waals surface area contributed by atoms with Crippen molar-refractivity contribution < 1.29 is 14.4 Å². The molecule has 10 heteroatoms. The highest BCUT2D eigenvalue weighted by Gasteiger charge is 2.54. The minimum atomic E-state index is -0.887. The second-order valence-electron chi connectivity index (χ2n) is 13.4. The van der Waals surface area contributed by atoms with Gasteiger partial charge in [0.15, 0.2) is 0 Å². The molecule has 10 nitrogen and oxygen atoms in total. The summed E-state index contributed by atoms with van der Waals surface area (Å²) >= 11 is 0. The Morgan fingerprint density at radius 2 is 1.89 bits per heavy atom. The van der Waals surface area contributed by atoms with Crippen LogP contribution < -0.4 is 16.2 Å². The fraction of sp³-hybridized carbons (Fsp3) is 0.647. The van der Waals surface area contributed by atoms with Gasteiger partial charge in [-0.05, 0) is 99.3 Å². The Kier molecular flexibility index (Phi) is 10.7. The van der Waals surface area contributed by atoms with Crippen LogP contribution in [0.25, 0.3) is 0 Å². The minimum absolute atomic E-state index is 0.0618. The number of likely N-dealkylation sites (tertiary alicyclic amines) is 1. The van der Waals surface area contributed by atoms with Crippen molar-refractivity contribution in [1.82, 2.24) is 30.9 Å². The predicted molar refractivity (Wildman–Crippen MR) is 171 cm³/mol. The van der Waals surface area contributed by atoms with Gasteiger partial charge in [-0.1, -0.05) is 12.6 Å². The summed E-state index contributed by atoms with van der Waals surface area (Å²) in [6.45, 7) is 7.15. The van der Waals surface area contributed by atoms with Crippen molar-refractivity contribution in [2.24, 2.45) is 17.8 Å². The summed E-state index contributed by atoms with van der Waals surface area (Å²) < 4.78 is 0. The van der Waals surface area contributed by atoms with Crippen molar-refractivity contribution in [1.29, 1.82) is 5.26 Å². The monoisotopic (exact) mass is 605 g/mol. The molecular formula is C34H51N7O3. The molecule has 3 aliphatic rings. The van der Waals surface area contributed by atoms with Crippen molar-refractivity contribution in [3.05, 3.63) is 47.2 Å². The average molecular weight is 606 g/mol. The number of rotatable bonds is 10. The number of carbonyl (C=O) groups is 3. The normalized spacial score (nSPS) is 26.8. The lowest BCUT2D eigenvalue weighted by molar-refractivity contribution is -0.132. The van der Waals surface area contributed by atoms with Crippen LogP contribution in [0, 0.1) is 29.1 Å². The molecule has 2 aliphatic carbocycles. The molecule has 2 fully saturated rings. The number of nitriles is 1. The maximum absolute atomic E-state index is 14.5. The smallest absolute Gasteiger partial charge is 0.253 e. The van der Waals surface area contributed by atoms with Crippen LogP contribution in [-0.4, -0.2) is 92.8 Å². The first-order valence-electron chi connectivity index (χ1n) is 16.0. The Hall–Kier alpha value is -3.42. The summed E-state index contributed by atoms with van der Waals surface area (Å²) in [5, 5.41) is 12.9. The van der Waals surface area contributed by atoms with E-state index in [1.165, 1.54) is 0 Å². The summed E-state index contributed by atoms with van der Waals surface area (Å²) in [4.78, 5) is 45.9. The molecular weight excluding hydrogens is 554 g/mol. The van der Waals surface area contributed by atoms with Gasteiger partial charge < -0.3 is 20.0 Å². The standard InChI is InChI=1S/C34H51N7O3/c1-22(37-21-31(42)41-16-8-9-28(41)20-35)19-34(33(44)38-36-3)29-14-12-24(23(2)39(4)5)17-25(29)10-11-26-18-27(13-15-30(26)34)32(43)40(6)7/h13,15,18,22,24-25,28-29,36-37H,2,8-12,14,16-17,19,21H2,1,3-7H3,(H,38,44)/t22-,24?,25?,28?,29?,34?/m0/s1. The lowest BCUT2D eigenvalue weighted by Gasteiger charge is -2.48. The molecule has 6 atom stereocenters. The summed E-state index contributed by atoms with van der Waals surface area (Å²) in [5.74, 6) is 0.476. The molecule has 240 valence electrons. The van der Waals surface area contributed by atoms with Gasteiger partial charge in [0, 0.05) is 59.1 Å². The summed E-state index contributed by atoms with van der Waals surface area (Å²) in [5.41, 5.74) is 8.74. The Labute approximate surface area is 263 Å². The van der Waals surface area contributed by atoms with Gasteiger partial charge in [0.05, 0.1) is 18.0 Å². The van der Waals surface area contributed by atoms with Crippen molar-refractivity contribution >= 4 is 17.7 Å². The van der Waals surface area contributed by atoms with Gasteiger partial charge >= 0.3 is 0 Å². The fourth-order valence-electron chi connectivity index (χ4n) is 8.05. The number of amides is 3. The molecule has 1 aromatic rings. The van der Waals surface area contributed by atoms with E-state index in [4.69, 9.17) is 0 Å². The summed E-state index contributed by atoms with van der Waals surface area (Å²) in [7, 11) is 9.29. The minimum Gasteiger partial charge on any atom is -0.381 e. The fourth-order valence-corrected chi connectivity index (χ4v) is 8.05. The maximum Gasteiger partial charge on any atom is 0.253 e. The number of aryl methyl sites for hydroxylation is 1. The largest absolute Gasteiger partial charge is 0.381 e. The topological polar surface area (TPSA) is 121 Å². The van der Waals surface area contributed by atoms with Crippen LogP contribution in [0.15, 0.2) is 30.5 Å². The number of hydrogen-bond acceptors (Lipinski definition) is 7.